The van der Waals surface area contributed by atoms with E-state index in [2.05, 4.69) is 9.72 Å². The SMILES string of the molecule is COC(=O)Cc1cc(C(F)F)cnc1C. The van der Waals surface area contributed by atoms with Gasteiger partial charge in [-0.15, -0.1) is 0 Å². The van der Waals surface area contributed by atoms with E-state index in [0.717, 1.165) is 6.20 Å². The topological polar surface area (TPSA) is 39.2 Å². The lowest BCUT2D eigenvalue weighted by Crippen LogP contribution is -2.07. The molecule has 0 saturated carbocycles. The number of ether oxygens (including phenoxy) is 1. The standard InChI is InChI=1S/C10H11F2NO2/c1-6-7(4-9(14)15-2)3-8(5-13-6)10(11)12/h3,5,10H,4H2,1-2H3. The van der Waals surface area contributed by atoms with Crippen molar-refractivity contribution in [1.29, 1.82) is 0 Å². The fourth-order valence-electron chi connectivity index (χ4n) is 1.12. The van der Waals surface area contributed by atoms with Gasteiger partial charge < -0.3 is 4.74 Å². The zero-order chi connectivity index (χ0) is 11.4. The number of aromatic nitrogens is 1. The molecule has 0 spiro atoms. The largest absolute Gasteiger partial charge is 0.469 e. The third kappa shape index (κ3) is 2.97. The van der Waals surface area contributed by atoms with E-state index in [4.69, 9.17) is 0 Å². The highest BCUT2D eigenvalue weighted by atomic mass is 19.3. The van der Waals surface area contributed by atoms with Crippen molar-refractivity contribution in [3.63, 3.8) is 0 Å². The van der Waals surface area contributed by atoms with Crippen molar-refractivity contribution in [3.8, 4) is 0 Å². The molecule has 0 unspecified atom stereocenters. The molecule has 0 bridgehead atoms. The molecule has 0 aliphatic carbocycles. The highest BCUT2D eigenvalue weighted by Crippen LogP contribution is 2.20. The van der Waals surface area contributed by atoms with E-state index in [1.165, 1.54) is 13.2 Å². The molecule has 1 rings (SSSR count). The molecule has 1 heterocycles. The Balaban J connectivity index is 2.95. The summed E-state index contributed by atoms with van der Waals surface area (Å²) in [4.78, 5) is 14.8. The second kappa shape index (κ2) is 4.82. The number of nitrogens with zero attached hydrogens (tertiary/aromatic N) is 1. The normalized spacial score (nSPS) is 10.5. The molecule has 0 saturated heterocycles. The third-order valence-electron chi connectivity index (χ3n) is 2.03. The van der Waals surface area contributed by atoms with Gasteiger partial charge in [-0.05, 0) is 18.6 Å². The van der Waals surface area contributed by atoms with Gasteiger partial charge in [0.15, 0.2) is 0 Å². The second-order valence-electron chi connectivity index (χ2n) is 3.07. The number of hydrogen-bond acceptors (Lipinski definition) is 3. The molecule has 0 aromatic carbocycles. The lowest BCUT2D eigenvalue weighted by molar-refractivity contribution is -0.139. The van der Waals surface area contributed by atoms with Crippen molar-refractivity contribution in [2.24, 2.45) is 0 Å². The summed E-state index contributed by atoms with van der Waals surface area (Å²) in [7, 11) is 1.25. The van der Waals surface area contributed by atoms with Crippen molar-refractivity contribution in [2.45, 2.75) is 19.8 Å². The zero-order valence-electron chi connectivity index (χ0n) is 8.46. The first-order chi connectivity index (χ1) is 7.04. The van der Waals surface area contributed by atoms with Gasteiger partial charge in [0.1, 0.15) is 0 Å². The minimum absolute atomic E-state index is 0.0319. The van der Waals surface area contributed by atoms with Gasteiger partial charge in [-0.2, -0.15) is 0 Å². The number of pyridine rings is 1. The van der Waals surface area contributed by atoms with Crippen LogP contribution < -0.4 is 0 Å². The Hall–Kier alpha value is -1.52. The summed E-state index contributed by atoms with van der Waals surface area (Å²) < 4.78 is 29.1. The van der Waals surface area contributed by atoms with Crippen molar-refractivity contribution in [3.05, 3.63) is 29.1 Å². The van der Waals surface area contributed by atoms with Crippen molar-refractivity contribution in [1.82, 2.24) is 4.98 Å². The molecule has 0 aliphatic rings. The fraction of sp³-hybridized carbons (Fsp3) is 0.400. The van der Waals surface area contributed by atoms with Crippen LogP contribution in [0.1, 0.15) is 23.2 Å². The van der Waals surface area contributed by atoms with Crippen molar-refractivity contribution < 1.29 is 18.3 Å². The highest BCUT2D eigenvalue weighted by molar-refractivity contribution is 5.72. The van der Waals surface area contributed by atoms with Crippen molar-refractivity contribution in [2.75, 3.05) is 7.11 Å². The van der Waals surface area contributed by atoms with Crippen LogP contribution in [0.3, 0.4) is 0 Å². The van der Waals surface area contributed by atoms with Crippen LogP contribution >= 0.6 is 0 Å². The van der Waals surface area contributed by atoms with Crippen LogP contribution in [0.5, 0.6) is 0 Å². The van der Waals surface area contributed by atoms with Crippen LogP contribution in [0, 0.1) is 6.92 Å². The van der Waals surface area contributed by atoms with Gasteiger partial charge in [0.2, 0.25) is 0 Å². The molecule has 0 atom stereocenters. The number of rotatable bonds is 3. The van der Waals surface area contributed by atoms with Crippen LogP contribution in [-0.4, -0.2) is 18.1 Å². The molecule has 5 heteroatoms. The maximum Gasteiger partial charge on any atom is 0.310 e. The first kappa shape index (κ1) is 11.6. The maximum absolute atomic E-state index is 12.3. The quantitative estimate of drug-likeness (QED) is 0.724. The lowest BCUT2D eigenvalue weighted by Gasteiger charge is -2.06. The van der Waals surface area contributed by atoms with E-state index >= 15 is 0 Å². The Morgan fingerprint density at radius 2 is 2.27 bits per heavy atom. The fourth-order valence-corrected chi connectivity index (χ4v) is 1.12. The summed E-state index contributed by atoms with van der Waals surface area (Å²) in [6, 6.07) is 1.28. The molecule has 1 aromatic rings. The Kier molecular flexibility index (Phi) is 3.71. The van der Waals surface area contributed by atoms with E-state index in [9.17, 15) is 13.6 Å². The van der Waals surface area contributed by atoms with E-state index < -0.39 is 12.4 Å². The zero-order valence-corrected chi connectivity index (χ0v) is 8.46. The second-order valence-corrected chi connectivity index (χ2v) is 3.07. The van der Waals surface area contributed by atoms with Crippen LogP contribution in [-0.2, 0) is 16.0 Å². The van der Waals surface area contributed by atoms with Gasteiger partial charge in [-0.3, -0.25) is 9.78 Å². The number of methoxy groups -OCH3 is 1. The van der Waals surface area contributed by atoms with Crippen LogP contribution in [0.25, 0.3) is 0 Å². The summed E-state index contributed by atoms with van der Waals surface area (Å²) >= 11 is 0. The predicted octanol–water partition coefficient (Wildman–Crippen LogP) is 2.04. The summed E-state index contributed by atoms with van der Waals surface area (Å²) in [5.74, 6) is -0.466. The molecular formula is C10H11F2NO2. The first-order valence-electron chi connectivity index (χ1n) is 4.35. The summed E-state index contributed by atoms with van der Waals surface area (Å²) in [6.45, 7) is 1.66. The number of esters is 1. The number of aryl methyl sites for hydroxylation is 1. The lowest BCUT2D eigenvalue weighted by atomic mass is 10.1. The molecule has 82 valence electrons. The Bertz CT molecular complexity index is 366. The van der Waals surface area contributed by atoms with E-state index in [0.29, 0.717) is 11.3 Å². The first-order valence-corrected chi connectivity index (χ1v) is 4.35. The summed E-state index contributed by atoms with van der Waals surface area (Å²) in [5, 5.41) is 0. The Labute approximate surface area is 86.1 Å². The van der Waals surface area contributed by atoms with Crippen LogP contribution in [0.4, 0.5) is 8.78 Å². The van der Waals surface area contributed by atoms with Gasteiger partial charge in [-0.1, -0.05) is 0 Å². The molecule has 0 radical (unpaired) electrons. The summed E-state index contributed by atoms with van der Waals surface area (Å²) in [6.07, 6.45) is -1.49. The number of halogens is 2. The molecule has 0 fully saturated rings. The van der Waals surface area contributed by atoms with Gasteiger partial charge in [0.05, 0.1) is 13.5 Å². The van der Waals surface area contributed by atoms with E-state index in [1.807, 2.05) is 0 Å². The number of hydrogen-bond donors (Lipinski definition) is 0. The van der Waals surface area contributed by atoms with Gasteiger partial charge in [-0.25, -0.2) is 8.78 Å². The summed E-state index contributed by atoms with van der Waals surface area (Å²) in [5.41, 5.74) is 0.851. The monoisotopic (exact) mass is 215 g/mol. The molecule has 0 amide bonds. The van der Waals surface area contributed by atoms with Gasteiger partial charge >= 0.3 is 5.97 Å². The average molecular weight is 215 g/mol. The van der Waals surface area contributed by atoms with Crippen molar-refractivity contribution >= 4 is 5.97 Å². The molecule has 0 N–H and O–H groups in total. The maximum atomic E-state index is 12.3. The van der Waals surface area contributed by atoms with Gasteiger partial charge in [0.25, 0.3) is 6.43 Å². The number of alkyl halides is 2. The molecular weight excluding hydrogens is 204 g/mol. The molecule has 0 aliphatic heterocycles. The minimum Gasteiger partial charge on any atom is -0.469 e. The van der Waals surface area contributed by atoms with E-state index in [1.54, 1.807) is 6.92 Å². The van der Waals surface area contributed by atoms with Gasteiger partial charge in [0, 0.05) is 17.5 Å². The predicted molar refractivity (Wildman–Crippen MR) is 49.7 cm³/mol. The minimum atomic E-state index is -2.57. The van der Waals surface area contributed by atoms with Crippen LogP contribution in [0.15, 0.2) is 12.3 Å². The third-order valence-corrected chi connectivity index (χ3v) is 2.03. The smallest absolute Gasteiger partial charge is 0.310 e. The number of carbonyl (C=O) groups is 1. The van der Waals surface area contributed by atoms with Crippen LogP contribution in [0.2, 0.25) is 0 Å². The Morgan fingerprint density at radius 3 is 2.80 bits per heavy atom. The average Bonchev–Trinajstić information content (AvgIpc) is 2.20. The van der Waals surface area contributed by atoms with E-state index in [-0.39, 0.29) is 12.0 Å². The molecule has 15 heavy (non-hydrogen) atoms. The highest BCUT2D eigenvalue weighted by Gasteiger charge is 2.12. The molecule has 3 nitrogen and oxygen atoms in total. The number of carbonyl (C=O) groups excluding carboxylic acids is 1. The molecule has 1 aromatic heterocycles. The Morgan fingerprint density at radius 1 is 1.60 bits per heavy atom.